The van der Waals surface area contributed by atoms with Crippen LogP contribution in [0.15, 0.2) is 86.7 Å². The molecule has 0 aliphatic heterocycles. The molecule has 0 saturated heterocycles. The zero-order valence-corrected chi connectivity index (χ0v) is 25.7. The van der Waals surface area contributed by atoms with Gasteiger partial charge in [0.1, 0.15) is 22.9 Å². The fourth-order valence-corrected chi connectivity index (χ4v) is 5.72. The van der Waals surface area contributed by atoms with E-state index in [9.17, 15) is 31.0 Å². The molecule has 16 nitrogen and oxygen atoms in total. The van der Waals surface area contributed by atoms with Gasteiger partial charge in [-0.2, -0.15) is 31.8 Å². The number of para-hydroxylation sites is 1. The number of azo groups is 1. The van der Waals surface area contributed by atoms with Crippen LogP contribution in [0.5, 0.6) is 5.75 Å². The average molecular weight is 688 g/mol. The van der Waals surface area contributed by atoms with Crippen LogP contribution in [0, 0.1) is 6.92 Å². The van der Waals surface area contributed by atoms with Crippen LogP contribution >= 0.6 is 11.6 Å². The second-order valence-electron chi connectivity index (χ2n) is 9.51. The van der Waals surface area contributed by atoms with E-state index in [1.807, 2.05) is 0 Å². The smallest absolute Gasteiger partial charge is 0.296 e. The van der Waals surface area contributed by atoms with Gasteiger partial charge in [0.25, 0.3) is 20.2 Å². The molecule has 19 heteroatoms. The highest BCUT2D eigenvalue weighted by atomic mass is 35.5. The number of anilines is 4. The van der Waals surface area contributed by atoms with Gasteiger partial charge in [0.15, 0.2) is 5.75 Å². The first-order valence-electron chi connectivity index (χ1n) is 12.8. The van der Waals surface area contributed by atoms with E-state index in [-0.39, 0.29) is 57.2 Å². The van der Waals surface area contributed by atoms with E-state index in [2.05, 4.69) is 40.7 Å². The highest BCUT2D eigenvalue weighted by Crippen LogP contribution is 2.44. The quantitative estimate of drug-likeness (QED) is 0.0422. The highest BCUT2D eigenvalue weighted by Gasteiger charge is 2.21. The number of aromatic hydroxyl groups is 1. The monoisotopic (exact) mass is 687 g/mol. The molecule has 0 aliphatic rings. The maximum Gasteiger partial charge on any atom is 0.296 e. The minimum Gasteiger partial charge on any atom is -0.505 e. The molecule has 0 amide bonds. The number of nitrogens with zero attached hydrogens (tertiary/aromatic N) is 5. The third-order valence-corrected chi connectivity index (χ3v) is 8.29. The summed E-state index contributed by atoms with van der Waals surface area (Å²) in [6, 6.07) is 15.6. The number of aryl methyl sites for hydroxylation is 1. The maximum atomic E-state index is 12.1. The second kappa shape index (κ2) is 12.9. The molecule has 1 aromatic heterocycles. The second-order valence-corrected chi connectivity index (χ2v) is 12.7. The number of fused-ring (bicyclic) bond motifs is 1. The Labute approximate surface area is 265 Å². The largest absolute Gasteiger partial charge is 0.505 e. The molecule has 0 bridgehead atoms. The van der Waals surface area contributed by atoms with E-state index >= 15 is 0 Å². The molecule has 0 spiro atoms. The van der Waals surface area contributed by atoms with Gasteiger partial charge < -0.3 is 15.7 Å². The van der Waals surface area contributed by atoms with Gasteiger partial charge >= 0.3 is 0 Å². The lowest BCUT2D eigenvalue weighted by atomic mass is 10.0. The van der Waals surface area contributed by atoms with Crippen molar-refractivity contribution < 1.29 is 41.2 Å². The molecular weight excluding hydrogens is 666 g/mol. The van der Waals surface area contributed by atoms with Gasteiger partial charge in [-0.1, -0.05) is 30.3 Å². The zero-order valence-electron chi connectivity index (χ0n) is 23.3. The SMILES string of the molecule is Cc1cc2cc(S(=O)(=O)O)cc(Nc3nc(Cl)nc(Nc4ccccc4COO)n3)c2c(O)c1N=Nc1ccccc1S(=O)(=O)O. The molecule has 0 saturated carbocycles. The molecule has 6 N–H and O–H groups in total. The van der Waals surface area contributed by atoms with Crippen LogP contribution in [0.2, 0.25) is 5.28 Å². The molecule has 5 aromatic rings. The minimum atomic E-state index is -4.75. The highest BCUT2D eigenvalue weighted by molar-refractivity contribution is 7.86. The van der Waals surface area contributed by atoms with Gasteiger partial charge in [0, 0.05) is 16.6 Å². The Morgan fingerprint density at radius 3 is 2.17 bits per heavy atom. The fourth-order valence-electron chi connectivity index (χ4n) is 4.40. The van der Waals surface area contributed by atoms with E-state index in [1.165, 1.54) is 31.2 Å². The number of phenols is 1. The first kappa shape index (κ1) is 32.6. The first-order valence-corrected chi connectivity index (χ1v) is 16.1. The number of hydrogen-bond donors (Lipinski definition) is 6. The molecule has 0 aliphatic carbocycles. The Bertz CT molecular complexity index is 2240. The van der Waals surface area contributed by atoms with Crippen LogP contribution in [0.3, 0.4) is 0 Å². The fraction of sp³-hybridized carbons (Fsp3) is 0.0741. The zero-order chi connectivity index (χ0) is 33.2. The van der Waals surface area contributed by atoms with Gasteiger partial charge in [-0.25, -0.2) is 4.89 Å². The summed E-state index contributed by atoms with van der Waals surface area (Å²) in [5.74, 6) is -0.781. The molecule has 238 valence electrons. The number of nitrogens with one attached hydrogen (secondary N) is 2. The minimum absolute atomic E-state index is 0.00787. The molecule has 5 rings (SSSR count). The lowest BCUT2D eigenvalue weighted by molar-refractivity contribution is -0.252. The summed E-state index contributed by atoms with van der Waals surface area (Å²) >= 11 is 6.15. The normalized spacial score (nSPS) is 12.1. The number of aromatic nitrogens is 3. The third kappa shape index (κ3) is 7.18. The van der Waals surface area contributed by atoms with Crippen molar-refractivity contribution in [3.63, 3.8) is 0 Å². The molecule has 46 heavy (non-hydrogen) atoms. The summed E-state index contributed by atoms with van der Waals surface area (Å²) in [5.41, 5.74) is 0.845. The van der Waals surface area contributed by atoms with Crippen molar-refractivity contribution >= 4 is 77.3 Å². The summed E-state index contributed by atoms with van der Waals surface area (Å²) in [6.45, 7) is 1.38. The van der Waals surface area contributed by atoms with Crippen molar-refractivity contribution in [3.8, 4) is 5.75 Å². The van der Waals surface area contributed by atoms with Crippen molar-refractivity contribution in [2.24, 2.45) is 10.2 Å². The Morgan fingerprint density at radius 1 is 0.848 bits per heavy atom. The Hall–Kier alpha value is -4.82. The van der Waals surface area contributed by atoms with Crippen LogP contribution in [-0.2, 0) is 31.7 Å². The summed E-state index contributed by atoms with van der Waals surface area (Å²) < 4.78 is 67.2. The van der Waals surface area contributed by atoms with Crippen molar-refractivity contribution in [2.45, 2.75) is 23.3 Å². The molecule has 1 heterocycles. The average Bonchev–Trinajstić information content (AvgIpc) is 2.97. The number of benzene rings is 4. The molecule has 0 atom stereocenters. The van der Waals surface area contributed by atoms with Crippen LogP contribution in [0.4, 0.5) is 34.6 Å². The first-order chi connectivity index (χ1) is 21.7. The number of hydrogen-bond acceptors (Lipinski definition) is 14. The molecule has 4 aromatic carbocycles. The lowest BCUT2D eigenvalue weighted by Gasteiger charge is -2.15. The van der Waals surface area contributed by atoms with E-state index in [0.29, 0.717) is 11.3 Å². The van der Waals surface area contributed by atoms with Gasteiger partial charge in [0.05, 0.1) is 10.6 Å². The maximum absolute atomic E-state index is 12.1. The van der Waals surface area contributed by atoms with Crippen molar-refractivity contribution in [2.75, 3.05) is 10.6 Å². The Balaban J connectivity index is 1.63. The summed E-state index contributed by atoms with van der Waals surface area (Å²) in [7, 11) is -9.39. The van der Waals surface area contributed by atoms with Crippen LogP contribution < -0.4 is 10.6 Å². The van der Waals surface area contributed by atoms with Crippen molar-refractivity contribution in [3.05, 3.63) is 83.1 Å². The van der Waals surface area contributed by atoms with Crippen molar-refractivity contribution in [1.29, 1.82) is 0 Å². The van der Waals surface area contributed by atoms with Crippen LogP contribution in [-0.4, -0.2) is 51.3 Å². The predicted octanol–water partition coefficient (Wildman–Crippen LogP) is 6.08. The van der Waals surface area contributed by atoms with Gasteiger partial charge in [-0.3, -0.25) is 14.4 Å². The molecule has 0 unspecified atom stereocenters. The number of halogens is 1. The third-order valence-electron chi connectivity index (χ3n) is 6.39. The van der Waals surface area contributed by atoms with E-state index in [4.69, 9.17) is 16.9 Å². The van der Waals surface area contributed by atoms with E-state index in [0.717, 1.165) is 18.2 Å². The van der Waals surface area contributed by atoms with Gasteiger partial charge in [-0.15, -0.1) is 10.2 Å². The predicted molar refractivity (Wildman–Crippen MR) is 166 cm³/mol. The topological polar surface area (TPSA) is 246 Å². The number of phenolic OH excluding ortho intramolecular Hbond substituents is 1. The van der Waals surface area contributed by atoms with Gasteiger partial charge in [0.2, 0.25) is 17.2 Å². The molecule has 0 radical (unpaired) electrons. The molecular formula is C27H22ClN7O9S2. The van der Waals surface area contributed by atoms with E-state index < -0.39 is 35.8 Å². The number of rotatable bonds is 10. The lowest BCUT2D eigenvalue weighted by Crippen LogP contribution is -2.06. The van der Waals surface area contributed by atoms with Crippen molar-refractivity contribution in [1.82, 2.24) is 15.0 Å². The summed E-state index contributed by atoms with van der Waals surface area (Å²) in [5, 5.41) is 33.8. The standard InChI is InChI=1S/C27H22ClN7O9S2/c1-14-10-16-11-17(45(38,39)40)12-20(22(16)24(36)23(14)35-34-19-8-4-5-9-21(19)46(41,42)43)30-27-32-25(28)31-26(33-27)29-18-7-3-2-6-15(18)13-44-37/h2-12,36-37H,13H2,1H3,(H,38,39,40)(H,41,42,43)(H2,29,30,31,32,33). The molecule has 0 fully saturated rings. The summed E-state index contributed by atoms with van der Waals surface area (Å²) in [6.07, 6.45) is 0. The van der Waals surface area contributed by atoms with Crippen LogP contribution in [0.25, 0.3) is 10.8 Å². The Kier molecular flexibility index (Phi) is 9.13. The van der Waals surface area contributed by atoms with Crippen LogP contribution in [0.1, 0.15) is 11.1 Å². The summed E-state index contributed by atoms with van der Waals surface area (Å²) in [4.78, 5) is 15.5. The van der Waals surface area contributed by atoms with Gasteiger partial charge in [-0.05, 0) is 65.9 Å². The van der Waals surface area contributed by atoms with E-state index in [1.54, 1.807) is 24.3 Å². The Morgan fingerprint density at radius 2 is 1.50 bits per heavy atom.